The minimum absolute atomic E-state index is 0.0000587. The predicted molar refractivity (Wildman–Crippen MR) is 105 cm³/mol. The van der Waals surface area contributed by atoms with Crippen LogP contribution in [0.3, 0.4) is 0 Å². The third-order valence-electron chi connectivity index (χ3n) is 6.65. The molecule has 7 nitrogen and oxygen atoms in total. The lowest BCUT2D eigenvalue weighted by Gasteiger charge is -2.35. The first-order valence-corrected chi connectivity index (χ1v) is 10.8. The summed E-state index contributed by atoms with van der Waals surface area (Å²) in [5.41, 5.74) is -0.267. The van der Waals surface area contributed by atoms with Crippen molar-refractivity contribution in [3.8, 4) is 5.75 Å². The van der Waals surface area contributed by atoms with E-state index >= 15 is 0 Å². The van der Waals surface area contributed by atoms with Gasteiger partial charge in [0, 0.05) is 17.0 Å². The van der Waals surface area contributed by atoms with Crippen molar-refractivity contribution in [3.05, 3.63) is 41.1 Å². The highest BCUT2D eigenvalue weighted by Crippen LogP contribution is 2.59. The standard InChI is InChI=1S/C21H21ClF3N3O4/c22-13-1-3-14(4-2-13)30-10-17(29)26-16-9-20(7-12(16)8-20)19-28-27-18(31-19)11-5-15(6-11)32-21(23,24)25/h1-4,11-12,15-16H,5-10H2,(H,26,29)/t11?,12?,15?,16-,20?/m1/s1. The summed E-state index contributed by atoms with van der Waals surface area (Å²) in [4.78, 5) is 12.3. The molecule has 0 radical (unpaired) electrons. The summed E-state index contributed by atoms with van der Waals surface area (Å²) in [6, 6.07) is 6.78. The highest BCUT2D eigenvalue weighted by Gasteiger charge is 2.60. The Morgan fingerprint density at radius 2 is 1.91 bits per heavy atom. The van der Waals surface area contributed by atoms with E-state index in [0.29, 0.717) is 34.9 Å². The summed E-state index contributed by atoms with van der Waals surface area (Å²) < 4.78 is 52.2. The van der Waals surface area contributed by atoms with E-state index in [1.54, 1.807) is 24.3 Å². The van der Waals surface area contributed by atoms with E-state index in [0.717, 1.165) is 12.8 Å². The number of alkyl halides is 3. The minimum atomic E-state index is -4.63. The zero-order valence-electron chi connectivity index (χ0n) is 16.9. The van der Waals surface area contributed by atoms with E-state index in [1.165, 1.54) is 0 Å². The first-order valence-electron chi connectivity index (χ1n) is 10.5. The average molecular weight is 472 g/mol. The van der Waals surface area contributed by atoms with Gasteiger partial charge in [-0.3, -0.25) is 9.53 Å². The highest BCUT2D eigenvalue weighted by atomic mass is 35.5. The van der Waals surface area contributed by atoms with Gasteiger partial charge in [-0.05, 0) is 62.3 Å². The molecule has 1 aromatic carbocycles. The number of ether oxygens (including phenoxy) is 2. The Morgan fingerprint density at radius 1 is 1.19 bits per heavy atom. The molecule has 1 amide bonds. The van der Waals surface area contributed by atoms with Crippen LogP contribution in [0.4, 0.5) is 13.2 Å². The Balaban J connectivity index is 1.11. The fraction of sp³-hybridized carbons (Fsp3) is 0.571. The summed E-state index contributed by atoms with van der Waals surface area (Å²) in [5.74, 6) is 1.36. The van der Waals surface area contributed by atoms with Gasteiger partial charge in [0.25, 0.3) is 5.91 Å². The molecule has 4 fully saturated rings. The number of hydrogen-bond acceptors (Lipinski definition) is 6. The van der Waals surface area contributed by atoms with Crippen molar-refractivity contribution in [2.45, 2.75) is 61.9 Å². The predicted octanol–water partition coefficient (Wildman–Crippen LogP) is 4.12. The number of rotatable bonds is 7. The lowest BCUT2D eigenvalue weighted by Crippen LogP contribution is -2.39. The Hall–Kier alpha value is -2.33. The second kappa shape index (κ2) is 7.91. The molecule has 0 unspecified atom stereocenters. The van der Waals surface area contributed by atoms with Gasteiger partial charge in [-0.1, -0.05) is 11.6 Å². The number of aromatic nitrogens is 2. The van der Waals surface area contributed by atoms with Crippen LogP contribution in [0.1, 0.15) is 49.8 Å². The van der Waals surface area contributed by atoms with Crippen molar-refractivity contribution in [2.24, 2.45) is 5.92 Å². The van der Waals surface area contributed by atoms with Crippen molar-refractivity contribution in [3.63, 3.8) is 0 Å². The molecule has 6 rings (SSSR count). The third-order valence-corrected chi connectivity index (χ3v) is 6.91. The molecule has 11 heteroatoms. The van der Waals surface area contributed by atoms with Crippen LogP contribution in [-0.2, 0) is 14.9 Å². The van der Waals surface area contributed by atoms with Crippen molar-refractivity contribution in [1.82, 2.24) is 15.5 Å². The molecule has 1 atom stereocenters. The number of carbonyl (C=O) groups excluding carboxylic acids is 1. The Bertz CT molecular complexity index is 985. The molecule has 1 heterocycles. The summed E-state index contributed by atoms with van der Waals surface area (Å²) in [7, 11) is 0. The van der Waals surface area contributed by atoms with E-state index in [-0.39, 0.29) is 42.7 Å². The SMILES string of the molecule is O=C(COc1ccc(Cl)cc1)N[C@@H]1CC2(c3nnc(C4CC(OC(F)(F)F)C4)o3)CC1C2. The molecule has 172 valence electrons. The van der Waals surface area contributed by atoms with E-state index in [9.17, 15) is 18.0 Å². The van der Waals surface area contributed by atoms with Gasteiger partial charge in [-0.2, -0.15) is 0 Å². The van der Waals surface area contributed by atoms with E-state index < -0.39 is 12.5 Å². The van der Waals surface area contributed by atoms with E-state index in [1.807, 2.05) is 0 Å². The van der Waals surface area contributed by atoms with E-state index in [2.05, 4.69) is 20.3 Å². The Labute approximate surface area is 186 Å². The molecular formula is C21H21ClF3N3O4. The molecule has 0 saturated heterocycles. The van der Waals surface area contributed by atoms with Crippen LogP contribution >= 0.6 is 11.6 Å². The molecule has 4 saturated carbocycles. The van der Waals surface area contributed by atoms with Gasteiger partial charge in [-0.15, -0.1) is 23.4 Å². The lowest BCUT2D eigenvalue weighted by atomic mass is 9.69. The topological polar surface area (TPSA) is 86.5 Å². The van der Waals surface area contributed by atoms with Gasteiger partial charge < -0.3 is 14.5 Å². The van der Waals surface area contributed by atoms with Gasteiger partial charge in [0.15, 0.2) is 6.61 Å². The van der Waals surface area contributed by atoms with Crippen LogP contribution in [0.5, 0.6) is 5.75 Å². The molecule has 0 aliphatic heterocycles. The van der Waals surface area contributed by atoms with Gasteiger partial charge in [0.2, 0.25) is 11.8 Å². The fourth-order valence-corrected chi connectivity index (χ4v) is 5.13. The second-order valence-electron chi connectivity index (χ2n) is 8.87. The summed E-state index contributed by atoms with van der Waals surface area (Å²) in [5, 5.41) is 11.9. The van der Waals surface area contributed by atoms with Crippen LogP contribution in [0.25, 0.3) is 0 Å². The Morgan fingerprint density at radius 3 is 2.59 bits per heavy atom. The maximum atomic E-state index is 12.3. The molecule has 2 aromatic rings. The van der Waals surface area contributed by atoms with Gasteiger partial charge >= 0.3 is 6.36 Å². The number of hydrogen-bond donors (Lipinski definition) is 1. The van der Waals surface area contributed by atoms with Crippen LogP contribution < -0.4 is 10.1 Å². The first-order chi connectivity index (χ1) is 15.2. The second-order valence-corrected chi connectivity index (χ2v) is 9.31. The van der Waals surface area contributed by atoms with Crippen LogP contribution in [0.15, 0.2) is 28.7 Å². The molecule has 1 N–H and O–H groups in total. The zero-order chi connectivity index (χ0) is 22.5. The summed E-state index contributed by atoms with van der Waals surface area (Å²) in [6.45, 7) is -0.0919. The molecule has 2 bridgehead atoms. The molecular weight excluding hydrogens is 451 g/mol. The molecule has 0 spiro atoms. The largest absolute Gasteiger partial charge is 0.522 e. The number of carbonyl (C=O) groups is 1. The maximum Gasteiger partial charge on any atom is 0.522 e. The third kappa shape index (κ3) is 4.30. The Kier molecular flexibility index (Phi) is 5.32. The normalized spacial score (nSPS) is 31.0. The van der Waals surface area contributed by atoms with Crippen molar-refractivity contribution in [1.29, 1.82) is 0 Å². The zero-order valence-corrected chi connectivity index (χ0v) is 17.7. The van der Waals surface area contributed by atoms with Gasteiger partial charge in [0.05, 0.1) is 11.5 Å². The van der Waals surface area contributed by atoms with Crippen LogP contribution in [-0.4, -0.2) is 41.2 Å². The average Bonchev–Trinajstić information content (AvgIpc) is 3.36. The molecule has 32 heavy (non-hydrogen) atoms. The number of amides is 1. The van der Waals surface area contributed by atoms with Crippen LogP contribution in [0.2, 0.25) is 5.02 Å². The molecule has 4 aliphatic rings. The van der Waals surface area contributed by atoms with Crippen molar-refractivity contribution < 1.29 is 31.9 Å². The van der Waals surface area contributed by atoms with Crippen LogP contribution in [0, 0.1) is 5.92 Å². The van der Waals surface area contributed by atoms with Gasteiger partial charge in [-0.25, -0.2) is 0 Å². The lowest BCUT2D eigenvalue weighted by molar-refractivity contribution is -0.352. The minimum Gasteiger partial charge on any atom is -0.484 e. The number of nitrogens with zero attached hydrogens (tertiary/aromatic N) is 2. The smallest absolute Gasteiger partial charge is 0.484 e. The number of benzene rings is 1. The highest BCUT2D eigenvalue weighted by molar-refractivity contribution is 6.30. The summed E-state index contributed by atoms with van der Waals surface area (Å²) >= 11 is 5.83. The van der Waals surface area contributed by atoms with E-state index in [4.69, 9.17) is 20.8 Å². The van der Waals surface area contributed by atoms with Crippen molar-refractivity contribution in [2.75, 3.05) is 6.61 Å². The summed E-state index contributed by atoms with van der Waals surface area (Å²) in [6.07, 6.45) is -2.70. The molecule has 4 aliphatic carbocycles. The van der Waals surface area contributed by atoms with Crippen molar-refractivity contribution >= 4 is 17.5 Å². The number of halogens is 4. The molecule has 1 aromatic heterocycles. The maximum absolute atomic E-state index is 12.3. The quantitative estimate of drug-likeness (QED) is 0.653. The fourth-order valence-electron chi connectivity index (χ4n) is 5.01. The number of fused-ring (bicyclic) bond motifs is 1. The number of nitrogens with one attached hydrogen (secondary N) is 1. The first kappa shape index (κ1) is 21.5. The monoisotopic (exact) mass is 471 g/mol. The van der Waals surface area contributed by atoms with Gasteiger partial charge in [0.1, 0.15) is 5.75 Å².